The van der Waals surface area contributed by atoms with Crippen molar-refractivity contribution in [1.29, 1.82) is 0 Å². The number of hydrogen-bond donors (Lipinski definition) is 1. The summed E-state index contributed by atoms with van der Waals surface area (Å²) in [5.74, 6) is 0. The van der Waals surface area contributed by atoms with E-state index in [2.05, 4.69) is 28.3 Å². The van der Waals surface area contributed by atoms with Gasteiger partial charge in [0, 0.05) is 24.8 Å². The molecule has 0 aliphatic carbocycles. The van der Waals surface area contributed by atoms with E-state index in [0.29, 0.717) is 12.1 Å². The van der Waals surface area contributed by atoms with Gasteiger partial charge in [-0.2, -0.15) is 0 Å². The second-order valence-corrected chi connectivity index (χ2v) is 4.84. The molecule has 0 saturated carbocycles. The van der Waals surface area contributed by atoms with E-state index in [1.807, 2.05) is 12.5 Å². The molecule has 1 saturated heterocycles. The molecule has 0 radical (unpaired) electrons. The predicted octanol–water partition coefficient (Wildman–Crippen LogP) is 1.42. The third kappa shape index (κ3) is 2.28. The molecule has 1 atom stereocenters. The van der Waals surface area contributed by atoms with E-state index in [-0.39, 0.29) is 6.61 Å². The number of aromatic nitrogens is 2. The SMILES string of the molecule is CC(C)n1cncc1CN1CCC[C@@H]1CO. The smallest absolute Gasteiger partial charge is 0.0951 e. The fourth-order valence-corrected chi connectivity index (χ4v) is 2.44. The molecule has 1 aliphatic heterocycles. The van der Waals surface area contributed by atoms with E-state index in [0.717, 1.165) is 19.5 Å². The van der Waals surface area contributed by atoms with Gasteiger partial charge in [0.05, 0.1) is 18.6 Å². The first kappa shape index (κ1) is 11.6. The van der Waals surface area contributed by atoms with Crippen molar-refractivity contribution in [3.8, 4) is 0 Å². The first-order valence-electron chi connectivity index (χ1n) is 6.08. The van der Waals surface area contributed by atoms with Gasteiger partial charge in [0.2, 0.25) is 0 Å². The van der Waals surface area contributed by atoms with E-state index in [1.165, 1.54) is 12.1 Å². The van der Waals surface area contributed by atoms with Crippen molar-refractivity contribution in [2.45, 2.75) is 45.3 Å². The van der Waals surface area contributed by atoms with Crippen LogP contribution in [0.4, 0.5) is 0 Å². The van der Waals surface area contributed by atoms with Crippen LogP contribution >= 0.6 is 0 Å². The lowest BCUT2D eigenvalue weighted by Gasteiger charge is -2.23. The average Bonchev–Trinajstić information content (AvgIpc) is 2.86. The Morgan fingerprint density at radius 2 is 2.38 bits per heavy atom. The Labute approximate surface area is 96.9 Å². The molecule has 1 aromatic heterocycles. The van der Waals surface area contributed by atoms with Gasteiger partial charge in [-0.1, -0.05) is 0 Å². The molecule has 4 nitrogen and oxygen atoms in total. The van der Waals surface area contributed by atoms with E-state index >= 15 is 0 Å². The van der Waals surface area contributed by atoms with E-state index < -0.39 is 0 Å². The first-order chi connectivity index (χ1) is 7.72. The van der Waals surface area contributed by atoms with Crippen molar-refractivity contribution in [2.75, 3.05) is 13.2 Å². The Hall–Kier alpha value is -0.870. The second-order valence-electron chi connectivity index (χ2n) is 4.84. The fourth-order valence-electron chi connectivity index (χ4n) is 2.44. The molecule has 1 aromatic rings. The summed E-state index contributed by atoms with van der Waals surface area (Å²) in [7, 11) is 0. The summed E-state index contributed by atoms with van der Waals surface area (Å²) in [6.45, 7) is 6.60. The number of imidazole rings is 1. The molecule has 2 rings (SSSR count). The van der Waals surface area contributed by atoms with E-state index in [9.17, 15) is 5.11 Å². The van der Waals surface area contributed by atoms with Gasteiger partial charge in [0.15, 0.2) is 0 Å². The lowest BCUT2D eigenvalue weighted by molar-refractivity contribution is 0.151. The van der Waals surface area contributed by atoms with Gasteiger partial charge < -0.3 is 9.67 Å². The Morgan fingerprint density at radius 1 is 1.56 bits per heavy atom. The van der Waals surface area contributed by atoms with Crippen LogP contribution in [0, 0.1) is 0 Å². The maximum Gasteiger partial charge on any atom is 0.0951 e. The van der Waals surface area contributed by atoms with Gasteiger partial charge in [-0.05, 0) is 33.2 Å². The second kappa shape index (κ2) is 4.97. The minimum atomic E-state index is 0.274. The number of rotatable bonds is 4. The van der Waals surface area contributed by atoms with Crippen LogP contribution in [0.2, 0.25) is 0 Å². The highest BCUT2D eigenvalue weighted by Crippen LogP contribution is 2.20. The zero-order valence-corrected chi connectivity index (χ0v) is 10.1. The molecule has 90 valence electrons. The van der Waals surface area contributed by atoms with E-state index in [4.69, 9.17) is 0 Å². The summed E-state index contributed by atoms with van der Waals surface area (Å²) in [6.07, 6.45) is 6.14. The summed E-state index contributed by atoms with van der Waals surface area (Å²) < 4.78 is 2.20. The Morgan fingerprint density at radius 3 is 3.06 bits per heavy atom. The molecule has 0 spiro atoms. The van der Waals surface area contributed by atoms with Crippen molar-refractivity contribution in [1.82, 2.24) is 14.5 Å². The fraction of sp³-hybridized carbons (Fsp3) is 0.750. The highest BCUT2D eigenvalue weighted by Gasteiger charge is 2.24. The number of nitrogens with zero attached hydrogens (tertiary/aromatic N) is 3. The van der Waals surface area contributed by atoms with Crippen LogP contribution in [0.25, 0.3) is 0 Å². The Bertz CT molecular complexity index is 335. The number of aliphatic hydroxyl groups excluding tert-OH is 1. The quantitative estimate of drug-likeness (QED) is 0.839. The van der Waals surface area contributed by atoms with Gasteiger partial charge in [0.1, 0.15) is 0 Å². The van der Waals surface area contributed by atoms with Crippen LogP contribution in [0.1, 0.15) is 38.4 Å². The van der Waals surface area contributed by atoms with Crippen molar-refractivity contribution in [3.63, 3.8) is 0 Å². The molecule has 0 bridgehead atoms. The third-order valence-electron chi connectivity index (χ3n) is 3.38. The molecule has 1 N–H and O–H groups in total. The molecular formula is C12H21N3O. The maximum absolute atomic E-state index is 9.28. The highest BCUT2D eigenvalue weighted by atomic mass is 16.3. The molecule has 0 aromatic carbocycles. The van der Waals surface area contributed by atoms with Crippen LogP contribution in [-0.4, -0.2) is 38.8 Å². The first-order valence-corrected chi connectivity index (χ1v) is 6.08. The average molecular weight is 223 g/mol. The molecule has 16 heavy (non-hydrogen) atoms. The zero-order valence-electron chi connectivity index (χ0n) is 10.1. The summed E-state index contributed by atoms with van der Waals surface area (Å²) in [5, 5.41) is 9.28. The number of likely N-dealkylation sites (tertiary alicyclic amines) is 1. The van der Waals surface area contributed by atoms with Crippen LogP contribution in [-0.2, 0) is 6.54 Å². The predicted molar refractivity (Wildman–Crippen MR) is 63.1 cm³/mol. The highest BCUT2D eigenvalue weighted by molar-refractivity contribution is 5.01. The van der Waals surface area contributed by atoms with Crippen molar-refractivity contribution >= 4 is 0 Å². The summed E-state index contributed by atoms with van der Waals surface area (Å²) >= 11 is 0. The molecule has 4 heteroatoms. The topological polar surface area (TPSA) is 41.3 Å². The number of hydrogen-bond acceptors (Lipinski definition) is 3. The van der Waals surface area contributed by atoms with Crippen LogP contribution in [0.5, 0.6) is 0 Å². The van der Waals surface area contributed by atoms with Gasteiger partial charge in [-0.25, -0.2) is 4.98 Å². The lowest BCUT2D eigenvalue weighted by Crippen LogP contribution is -2.32. The van der Waals surface area contributed by atoms with Crippen LogP contribution in [0.15, 0.2) is 12.5 Å². The van der Waals surface area contributed by atoms with Gasteiger partial charge in [0.25, 0.3) is 0 Å². The molecule has 1 fully saturated rings. The summed E-state index contributed by atoms with van der Waals surface area (Å²) in [4.78, 5) is 6.57. The van der Waals surface area contributed by atoms with Gasteiger partial charge in [-0.15, -0.1) is 0 Å². The molecular weight excluding hydrogens is 202 g/mol. The largest absolute Gasteiger partial charge is 0.395 e. The van der Waals surface area contributed by atoms with Crippen molar-refractivity contribution < 1.29 is 5.11 Å². The van der Waals surface area contributed by atoms with Crippen molar-refractivity contribution in [3.05, 3.63) is 18.2 Å². The molecule has 2 heterocycles. The summed E-state index contributed by atoms with van der Waals surface area (Å²) in [5.41, 5.74) is 1.25. The Balaban J connectivity index is 2.05. The maximum atomic E-state index is 9.28. The number of aliphatic hydroxyl groups is 1. The third-order valence-corrected chi connectivity index (χ3v) is 3.38. The van der Waals surface area contributed by atoms with Gasteiger partial charge >= 0.3 is 0 Å². The van der Waals surface area contributed by atoms with Crippen molar-refractivity contribution in [2.24, 2.45) is 0 Å². The monoisotopic (exact) mass is 223 g/mol. The standard InChI is InChI=1S/C12H21N3O/c1-10(2)15-9-13-6-12(15)7-14-5-3-4-11(14)8-16/h6,9-11,16H,3-5,7-8H2,1-2H3/t11-/m1/s1. The molecule has 0 unspecified atom stereocenters. The minimum Gasteiger partial charge on any atom is -0.395 e. The van der Waals surface area contributed by atoms with Crippen LogP contribution < -0.4 is 0 Å². The summed E-state index contributed by atoms with van der Waals surface area (Å²) in [6, 6.07) is 0.795. The van der Waals surface area contributed by atoms with E-state index in [1.54, 1.807) is 0 Å². The zero-order chi connectivity index (χ0) is 11.5. The molecule has 1 aliphatic rings. The molecule has 0 amide bonds. The van der Waals surface area contributed by atoms with Gasteiger partial charge in [-0.3, -0.25) is 4.90 Å². The van der Waals surface area contributed by atoms with Crippen LogP contribution in [0.3, 0.4) is 0 Å². The Kier molecular flexibility index (Phi) is 3.61. The normalized spacial score (nSPS) is 22.1. The minimum absolute atomic E-state index is 0.274. The lowest BCUT2D eigenvalue weighted by atomic mass is 10.2.